The molecule has 2 N–H and O–H groups in total. The molecule has 0 amide bonds. The predicted molar refractivity (Wildman–Crippen MR) is 123 cm³/mol. The zero-order valence-corrected chi connectivity index (χ0v) is 19.8. The van der Waals surface area contributed by atoms with Gasteiger partial charge in [0.15, 0.2) is 5.96 Å². The molecule has 0 spiro atoms. The molecule has 8 heteroatoms. The van der Waals surface area contributed by atoms with Crippen molar-refractivity contribution < 1.29 is 0 Å². The molecule has 0 radical (unpaired) electrons. The molecule has 1 heterocycles. The van der Waals surface area contributed by atoms with Gasteiger partial charge < -0.3 is 20.1 Å². The summed E-state index contributed by atoms with van der Waals surface area (Å²) in [7, 11) is 4.38. The quantitative estimate of drug-likeness (QED) is 0.316. The average molecular weight is 491 g/mol. The summed E-state index contributed by atoms with van der Waals surface area (Å²) in [6.45, 7) is 7.59. The normalized spacial score (nSPS) is 16.9. The first-order chi connectivity index (χ1) is 12.7. The third-order valence-electron chi connectivity index (χ3n) is 5.30. The maximum absolute atomic E-state index is 4.88. The van der Waals surface area contributed by atoms with Gasteiger partial charge in [0.05, 0.1) is 6.54 Å². The van der Waals surface area contributed by atoms with E-state index in [2.05, 4.69) is 58.2 Å². The molecule has 1 unspecified atom stereocenters. The Bertz CT molecular complexity index is 538. The fraction of sp³-hybridized carbons (Fsp3) is 0.842. The number of hydrogen-bond acceptors (Lipinski definition) is 4. The van der Waals surface area contributed by atoms with E-state index in [1.54, 1.807) is 6.33 Å². The third-order valence-corrected chi connectivity index (χ3v) is 5.30. The average Bonchev–Trinajstić information content (AvgIpc) is 3.10. The van der Waals surface area contributed by atoms with E-state index in [1.165, 1.54) is 32.1 Å². The molecule has 7 nitrogen and oxygen atoms in total. The molecule has 0 saturated heterocycles. The fourth-order valence-corrected chi connectivity index (χ4v) is 3.81. The van der Waals surface area contributed by atoms with Crippen molar-refractivity contribution in [3.8, 4) is 0 Å². The maximum atomic E-state index is 4.88. The Morgan fingerprint density at radius 3 is 2.63 bits per heavy atom. The second-order valence-corrected chi connectivity index (χ2v) is 7.37. The number of nitrogens with zero attached hydrogens (tertiary/aromatic N) is 5. The Morgan fingerprint density at radius 1 is 1.26 bits per heavy atom. The molecule has 1 aliphatic rings. The van der Waals surface area contributed by atoms with Crippen LogP contribution in [0.25, 0.3) is 0 Å². The van der Waals surface area contributed by atoms with Gasteiger partial charge in [-0.2, -0.15) is 0 Å². The minimum absolute atomic E-state index is 0. The van der Waals surface area contributed by atoms with Crippen molar-refractivity contribution >= 4 is 29.9 Å². The van der Waals surface area contributed by atoms with Gasteiger partial charge in [-0.05, 0) is 39.8 Å². The highest BCUT2D eigenvalue weighted by atomic mass is 127. The van der Waals surface area contributed by atoms with Gasteiger partial charge >= 0.3 is 0 Å². The Kier molecular flexibility index (Phi) is 11.9. The number of aliphatic imine (C=N–C) groups is 1. The first-order valence-electron chi connectivity index (χ1n) is 10.2. The zero-order valence-electron chi connectivity index (χ0n) is 17.4. The highest BCUT2D eigenvalue weighted by Crippen LogP contribution is 2.28. The lowest BCUT2D eigenvalue weighted by Crippen LogP contribution is -2.42. The van der Waals surface area contributed by atoms with Crippen LogP contribution in [-0.4, -0.2) is 65.4 Å². The van der Waals surface area contributed by atoms with Crippen LogP contribution < -0.4 is 10.6 Å². The van der Waals surface area contributed by atoms with Gasteiger partial charge in [0.2, 0.25) is 0 Å². The molecular formula is C19H38IN7. The SMILES string of the molecule is CCNC(=NCC(C1CCCCC1)N(C)C)NCCn1cnnc1CC.I. The van der Waals surface area contributed by atoms with Crippen LogP contribution in [0.1, 0.15) is 51.8 Å². The molecular weight excluding hydrogens is 453 g/mol. The van der Waals surface area contributed by atoms with E-state index >= 15 is 0 Å². The van der Waals surface area contributed by atoms with Crippen molar-refractivity contribution in [2.45, 2.75) is 65.0 Å². The Morgan fingerprint density at radius 2 is 2.00 bits per heavy atom. The number of likely N-dealkylation sites (N-methyl/N-ethyl adjacent to an activating group) is 1. The van der Waals surface area contributed by atoms with Gasteiger partial charge in [0, 0.05) is 32.1 Å². The molecule has 1 atom stereocenters. The van der Waals surface area contributed by atoms with Crippen molar-refractivity contribution in [1.29, 1.82) is 0 Å². The molecule has 0 bridgehead atoms. The largest absolute Gasteiger partial charge is 0.357 e. The second-order valence-electron chi connectivity index (χ2n) is 7.37. The maximum Gasteiger partial charge on any atom is 0.191 e. The van der Waals surface area contributed by atoms with E-state index in [0.29, 0.717) is 6.04 Å². The fourth-order valence-electron chi connectivity index (χ4n) is 3.81. The van der Waals surface area contributed by atoms with Crippen molar-refractivity contribution in [2.24, 2.45) is 10.9 Å². The lowest BCUT2D eigenvalue weighted by molar-refractivity contribution is 0.176. The molecule has 27 heavy (non-hydrogen) atoms. The third kappa shape index (κ3) is 7.93. The number of halogens is 1. The Balaban J connectivity index is 0.00000364. The monoisotopic (exact) mass is 491 g/mol. The minimum atomic E-state index is 0. The van der Waals surface area contributed by atoms with Crippen LogP contribution >= 0.6 is 24.0 Å². The van der Waals surface area contributed by atoms with Crippen molar-refractivity contribution in [2.75, 3.05) is 33.7 Å². The molecule has 2 rings (SSSR count). The van der Waals surface area contributed by atoms with E-state index in [9.17, 15) is 0 Å². The number of nitrogens with one attached hydrogen (secondary N) is 2. The van der Waals surface area contributed by atoms with E-state index in [0.717, 1.165) is 50.3 Å². The van der Waals surface area contributed by atoms with E-state index in [4.69, 9.17) is 4.99 Å². The van der Waals surface area contributed by atoms with Gasteiger partial charge in [0.1, 0.15) is 12.2 Å². The van der Waals surface area contributed by atoms with Crippen LogP contribution in [0.5, 0.6) is 0 Å². The lowest BCUT2D eigenvalue weighted by atomic mass is 9.83. The molecule has 1 saturated carbocycles. The topological polar surface area (TPSA) is 70.4 Å². The van der Waals surface area contributed by atoms with E-state index in [-0.39, 0.29) is 24.0 Å². The lowest BCUT2D eigenvalue weighted by Gasteiger charge is -2.34. The number of hydrogen-bond donors (Lipinski definition) is 2. The van der Waals surface area contributed by atoms with Crippen molar-refractivity contribution in [3.63, 3.8) is 0 Å². The van der Waals surface area contributed by atoms with Crippen LogP contribution in [0.4, 0.5) is 0 Å². The summed E-state index contributed by atoms with van der Waals surface area (Å²) in [6, 6.07) is 0.523. The predicted octanol–water partition coefficient (Wildman–Crippen LogP) is 2.52. The molecule has 1 aromatic heterocycles. The molecule has 0 aliphatic heterocycles. The van der Waals surface area contributed by atoms with E-state index < -0.39 is 0 Å². The summed E-state index contributed by atoms with van der Waals surface area (Å²) in [6.07, 6.45) is 9.53. The van der Waals surface area contributed by atoms with Gasteiger partial charge in [0.25, 0.3) is 0 Å². The zero-order chi connectivity index (χ0) is 18.8. The summed E-state index contributed by atoms with van der Waals surface area (Å²) < 4.78 is 2.10. The molecule has 156 valence electrons. The summed E-state index contributed by atoms with van der Waals surface area (Å²) >= 11 is 0. The Hall–Kier alpha value is -0.900. The molecule has 0 aromatic carbocycles. The van der Waals surface area contributed by atoms with E-state index in [1.807, 2.05) is 0 Å². The molecule has 1 fully saturated rings. The van der Waals surface area contributed by atoms with Crippen molar-refractivity contribution in [3.05, 3.63) is 12.2 Å². The molecule has 1 aromatic rings. The summed E-state index contributed by atoms with van der Waals surface area (Å²) in [5.41, 5.74) is 0. The van der Waals surface area contributed by atoms with Crippen LogP contribution in [0.3, 0.4) is 0 Å². The summed E-state index contributed by atoms with van der Waals surface area (Å²) in [5.74, 6) is 2.70. The number of rotatable bonds is 9. The van der Waals surface area contributed by atoms with Gasteiger partial charge in [-0.15, -0.1) is 34.2 Å². The Labute approximate surface area is 181 Å². The molecule has 1 aliphatic carbocycles. The van der Waals surface area contributed by atoms with Gasteiger partial charge in [-0.1, -0.05) is 26.2 Å². The van der Waals surface area contributed by atoms with Gasteiger partial charge in [-0.3, -0.25) is 4.99 Å². The van der Waals surface area contributed by atoms with Crippen LogP contribution in [0, 0.1) is 5.92 Å². The number of guanidine groups is 1. The number of aryl methyl sites for hydroxylation is 1. The van der Waals surface area contributed by atoms with Crippen LogP contribution in [0.15, 0.2) is 11.3 Å². The standard InChI is InChI=1S/C19H37N7.HI/c1-5-18-24-23-15-26(18)13-12-21-19(20-6-2)22-14-17(25(3)4)16-10-8-7-9-11-16;/h15-17H,5-14H2,1-4H3,(H2,20,21,22);1H. The van der Waals surface area contributed by atoms with Crippen LogP contribution in [0.2, 0.25) is 0 Å². The minimum Gasteiger partial charge on any atom is -0.357 e. The summed E-state index contributed by atoms with van der Waals surface area (Å²) in [5, 5.41) is 14.9. The van der Waals surface area contributed by atoms with Crippen molar-refractivity contribution in [1.82, 2.24) is 30.3 Å². The first kappa shape index (κ1) is 24.1. The second kappa shape index (κ2) is 13.3. The first-order valence-corrected chi connectivity index (χ1v) is 10.2. The highest BCUT2D eigenvalue weighted by molar-refractivity contribution is 14.0. The smallest absolute Gasteiger partial charge is 0.191 e. The number of aromatic nitrogens is 3. The van der Waals surface area contributed by atoms with Crippen LogP contribution in [-0.2, 0) is 13.0 Å². The summed E-state index contributed by atoms with van der Waals surface area (Å²) in [4.78, 5) is 7.24. The van der Waals surface area contributed by atoms with Gasteiger partial charge in [-0.25, -0.2) is 0 Å². The highest BCUT2D eigenvalue weighted by Gasteiger charge is 2.25.